The van der Waals surface area contributed by atoms with Crippen molar-refractivity contribution in [1.29, 1.82) is 0 Å². The third-order valence-electron chi connectivity index (χ3n) is 2.66. The van der Waals surface area contributed by atoms with Gasteiger partial charge in [-0.05, 0) is 6.42 Å². The molecule has 1 aliphatic heterocycles. The van der Waals surface area contributed by atoms with Crippen molar-refractivity contribution < 1.29 is 18.9 Å². The van der Waals surface area contributed by atoms with Crippen molar-refractivity contribution in [2.75, 3.05) is 38.2 Å². The second-order valence-electron chi connectivity index (χ2n) is 4.04. The van der Waals surface area contributed by atoms with E-state index in [2.05, 4.69) is 0 Å². The predicted molar refractivity (Wildman–Crippen MR) is 64.3 cm³/mol. The van der Waals surface area contributed by atoms with Gasteiger partial charge in [-0.3, -0.25) is 9.00 Å². The van der Waals surface area contributed by atoms with Gasteiger partial charge in [-0.25, -0.2) is 4.79 Å². The maximum atomic E-state index is 11.9. The zero-order valence-electron chi connectivity index (χ0n) is 9.92. The van der Waals surface area contributed by atoms with E-state index in [1.54, 1.807) is 11.9 Å². The molecular formula is C10H18N2O4S. The number of carbonyl (C=O) groups excluding carboxylic acids is 1. The van der Waals surface area contributed by atoms with E-state index in [0.29, 0.717) is 37.6 Å². The molecule has 0 radical (unpaired) electrons. The Morgan fingerprint density at radius 1 is 1.35 bits per heavy atom. The topological polar surface area (TPSA) is 77.9 Å². The summed E-state index contributed by atoms with van der Waals surface area (Å²) >= 11 is 0. The minimum absolute atomic E-state index is 0.0711. The highest BCUT2D eigenvalue weighted by atomic mass is 32.2. The van der Waals surface area contributed by atoms with Crippen LogP contribution in [0.4, 0.5) is 4.79 Å². The van der Waals surface area contributed by atoms with Crippen molar-refractivity contribution >= 4 is 22.8 Å². The smallest absolute Gasteiger partial charge is 0.319 e. The van der Waals surface area contributed by atoms with E-state index in [0.717, 1.165) is 0 Å². The maximum absolute atomic E-state index is 11.9. The standard InChI is InChI=1S/C10H18N2O4S/c1-11(4-2-3-9(13)14)10(15)12-5-7-17(16)8-6-12/h2-8H2,1H3,(H,13,14). The highest BCUT2D eigenvalue weighted by molar-refractivity contribution is 7.85. The van der Waals surface area contributed by atoms with Crippen LogP contribution in [0.25, 0.3) is 0 Å². The summed E-state index contributed by atoms with van der Waals surface area (Å²) in [5.41, 5.74) is 0. The average molecular weight is 262 g/mol. The van der Waals surface area contributed by atoms with Crippen LogP contribution in [-0.4, -0.2) is 69.3 Å². The van der Waals surface area contributed by atoms with Gasteiger partial charge in [0.15, 0.2) is 0 Å². The molecule has 0 unspecified atom stereocenters. The molecule has 7 heteroatoms. The lowest BCUT2D eigenvalue weighted by Gasteiger charge is -2.30. The molecule has 98 valence electrons. The molecule has 1 saturated heterocycles. The molecule has 17 heavy (non-hydrogen) atoms. The number of hydrogen-bond acceptors (Lipinski definition) is 3. The van der Waals surface area contributed by atoms with Crippen molar-refractivity contribution in [3.63, 3.8) is 0 Å². The number of carboxylic acids is 1. The van der Waals surface area contributed by atoms with Crippen LogP contribution in [0.2, 0.25) is 0 Å². The lowest BCUT2D eigenvalue weighted by molar-refractivity contribution is -0.137. The van der Waals surface area contributed by atoms with Gasteiger partial charge in [0, 0.05) is 55.4 Å². The van der Waals surface area contributed by atoms with Gasteiger partial charge in [-0.2, -0.15) is 0 Å². The summed E-state index contributed by atoms with van der Waals surface area (Å²) in [6.07, 6.45) is 0.527. The Bertz CT molecular complexity index is 311. The molecule has 0 saturated carbocycles. The van der Waals surface area contributed by atoms with Crippen molar-refractivity contribution in [3.05, 3.63) is 0 Å². The van der Waals surface area contributed by atoms with Crippen LogP contribution in [0.1, 0.15) is 12.8 Å². The average Bonchev–Trinajstić information content (AvgIpc) is 2.28. The summed E-state index contributed by atoms with van der Waals surface area (Å²) in [7, 11) is 0.870. The second kappa shape index (κ2) is 6.58. The number of carbonyl (C=O) groups is 2. The zero-order valence-corrected chi connectivity index (χ0v) is 10.7. The van der Waals surface area contributed by atoms with Crippen molar-refractivity contribution in [3.8, 4) is 0 Å². The van der Waals surface area contributed by atoms with Gasteiger partial charge in [-0.1, -0.05) is 0 Å². The number of urea groups is 1. The maximum Gasteiger partial charge on any atom is 0.319 e. The van der Waals surface area contributed by atoms with E-state index in [-0.39, 0.29) is 12.5 Å². The highest BCUT2D eigenvalue weighted by Gasteiger charge is 2.22. The van der Waals surface area contributed by atoms with Crippen LogP contribution >= 0.6 is 0 Å². The molecule has 0 aromatic carbocycles. The number of rotatable bonds is 4. The van der Waals surface area contributed by atoms with E-state index < -0.39 is 16.8 Å². The Hall–Kier alpha value is -1.11. The number of aliphatic carboxylic acids is 1. The Morgan fingerprint density at radius 2 is 1.94 bits per heavy atom. The van der Waals surface area contributed by atoms with Crippen molar-refractivity contribution in [2.45, 2.75) is 12.8 Å². The van der Waals surface area contributed by atoms with E-state index in [4.69, 9.17) is 5.11 Å². The molecule has 1 N–H and O–H groups in total. The lowest BCUT2D eigenvalue weighted by Crippen LogP contribution is -2.47. The van der Waals surface area contributed by atoms with E-state index in [1.807, 2.05) is 0 Å². The quantitative estimate of drug-likeness (QED) is 0.771. The summed E-state index contributed by atoms with van der Waals surface area (Å²) in [5.74, 6) is 0.225. The fraction of sp³-hybridized carbons (Fsp3) is 0.800. The molecule has 0 atom stereocenters. The first-order chi connectivity index (χ1) is 8.00. The Balaban J connectivity index is 2.30. The number of hydrogen-bond donors (Lipinski definition) is 1. The number of amides is 2. The highest BCUT2D eigenvalue weighted by Crippen LogP contribution is 2.05. The molecule has 0 aliphatic carbocycles. The molecule has 1 rings (SSSR count). The van der Waals surface area contributed by atoms with Crippen LogP contribution in [0.5, 0.6) is 0 Å². The monoisotopic (exact) mass is 262 g/mol. The third kappa shape index (κ3) is 4.72. The van der Waals surface area contributed by atoms with E-state index >= 15 is 0 Å². The predicted octanol–water partition coefficient (Wildman–Crippen LogP) is -0.0327. The van der Waals surface area contributed by atoms with Gasteiger partial charge < -0.3 is 14.9 Å². The van der Waals surface area contributed by atoms with Crippen LogP contribution in [0, 0.1) is 0 Å². The summed E-state index contributed by atoms with van der Waals surface area (Å²) in [6, 6.07) is -0.105. The minimum atomic E-state index is -0.848. The molecule has 0 spiro atoms. The Labute approximate surface area is 103 Å². The third-order valence-corrected chi connectivity index (χ3v) is 3.93. The summed E-state index contributed by atoms with van der Waals surface area (Å²) < 4.78 is 11.1. The number of nitrogens with zero attached hydrogens (tertiary/aromatic N) is 2. The van der Waals surface area contributed by atoms with Crippen molar-refractivity contribution in [2.24, 2.45) is 0 Å². The first kappa shape index (κ1) is 14.0. The number of carboxylic acid groups (broad SMARTS) is 1. The van der Waals surface area contributed by atoms with Crippen LogP contribution in [-0.2, 0) is 15.6 Å². The van der Waals surface area contributed by atoms with Gasteiger partial charge in [0.1, 0.15) is 0 Å². The SMILES string of the molecule is CN(CCCC(=O)O)C(=O)N1CCS(=O)CC1. The van der Waals surface area contributed by atoms with E-state index in [1.165, 1.54) is 4.90 Å². The molecular weight excluding hydrogens is 244 g/mol. The first-order valence-electron chi connectivity index (χ1n) is 5.57. The summed E-state index contributed by atoms with van der Waals surface area (Å²) in [5, 5.41) is 8.50. The van der Waals surface area contributed by atoms with E-state index in [9.17, 15) is 13.8 Å². The second-order valence-corrected chi connectivity index (χ2v) is 5.73. The normalized spacial score (nSPS) is 16.9. The molecule has 1 heterocycles. The van der Waals surface area contributed by atoms with Gasteiger partial charge in [0.25, 0.3) is 0 Å². The lowest BCUT2D eigenvalue weighted by atomic mass is 10.3. The Morgan fingerprint density at radius 3 is 2.47 bits per heavy atom. The summed E-state index contributed by atoms with van der Waals surface area (Å²) in [4.78, 5) is 25.4. The van der Waals surface area contributed by atoms with Crippen molar-refractivity contribution in [1.82, 2.24) is 9.80 Å². The van der Waals surface area contributed by atoms with Gasteiger partial charge in [0.05, 0.1) is 0 Å². The molecule has 0 bridgehead atoms. The van der Waals surface area contributed by atoms with Crippen LogP contribution < -0.4 is 0 Å². The molecule has 6 nitrogen and oxygen atoms in total. The van der Waals surface area contributed by atoms with Crippen LogP contribution in [0.15, 0.2) is 0 Å². The minimum Gasteiger partial charge on any atom is -0.481 e. The van der Waals surface area contributed by atoms with Gasteiger partial charge >= 0.3 is 12.0 Å². The summed E-state index contributed by atoms with van der Waals surface area (Å²) in [6.45, 7) is 1.48. The zero-order chi connectivity index (χ0) is 12.8. The molecule has 1 fully saturated rings. The fourth-order valence-corrected chi connectivity index (χ4v) is 2.69. The Kier molecular flexibility index (Phi) is 5.40. The first-order valence-corrected chi connectivity index (χ1v) is 7.06. The van der Waals surface area contributed by atoms with Crippen LogP contribution in [0.3, 0.4) is 0 Å². The molecule has 0 aromatic rings. The van der Waals surface area contributed by atoms with Gasteiger partial charge in [-0.15, -0.1) is 0 Å². The fourth-order valence-electron chi connectivity index (χ4n) is 1.63. The molecule has 2 amide bonds. The van der Waals surface area contributed by atoms with Gasteiger partial charge in [0.2, 0.25) is 0 Å². The molecule has 0 aromatic heterocycles. The largest absolute Gasteiger partial charge is 0.481 e. The molecule has 1 aliphatic rings.